The van der Waals surface area contributed by atoms with Crippen molar-refractivity contribution in [3.05, 3.63) is 29.5 Å². The molecule has 1 aromatic heterocycles. The highest BCUT2D eigenvalue weighted by atomic mass is 16.5. The molecule has 0 unspecified atom stereocenters. The minimum Gasteiger partial charge on any atom is -0.493 e. The molecule has 1 amide bonds. The summed E-state index contributed by atoms with van der Waals surface area (Å²) in [7, 11) is 1.58. The Labute approximate surface area is 113 Å². The predicted octanol–water partition coefficient (Wildman–Crippen LogP) is 3.23. The third-order valence-corrected chi connectivity index (χ3v) is 3.25. The highest BCUT2D eigenvalue weighted by molar-refractivity contribution is 5.92. The summed E-state index contributed by atoms with van der Waals surface area (Å²) >= 11 is 0. The molecule has 0 aliphatic heterocycles. The molecular weight excluding hydrogens is 240 g/mol. The number of aryl methyl sites for hydroxylation is 1. The van der Waals surface area contributed by atoms with Crippen LogP contribution in [0.25, 0.3) is 0 Å². The Balaban J connectivity index is 2.02. The second-order valence-corrected chi connectivity index (χ2v) is 4.84. The van der Waals surface area contributed by atoms with Gasteiger partial charge in [-0.05, 0) is 44.7 Å². The molecule has 1 heterocycles. The maximum Gasteiger partial charge on any atom is 0.229 e. The first-order valence-electron chi connectivity index (χ1n) is 6.68. The first-order valence-corrected chi connectivity index (χ1v) is 6.68. The summed E-state index contributed by atoms with van der Waals surface area (Å²) in [6, 6.07) is 3.68. The SMILES string of the molecule is COc1ccc(C)nc1NC(=O)CC1=CCCCC1. The van der Waals surface area contributed by atoms with E-state index in [2.05, 4.69) is 16.4 Å². The number of nitrogens with zero attached hydrogens (tertiary/aromatic N) is 1. The van der Waals surface area contributed by atoms with Gasteiger partial charge >= 0.3 is 0 Å². The molecule has 19 heavy (non-hydrogen) atoms. The molecule has 0 aromatic carbocycles. The number of pyridine rings is 1. The summed E-state index contributed by atoms with van der Waals surface area (Å²) in [6.45, 7) is 1.89. The van der Waals surface area contributed by atoms with Gasteiger partial charge < -0.3 is 10.1 Å². The van der Waals surface area contributed by atoms with Crippen LogP contribution in [0.2, 0.25) is 0 Å². The van der Waals surface area contributed by atoms with Crippen molar-refractivity contribution in [2.24, 2.45) is 0 Å². The molecule has 0 saturated carbocycles. The van der Waals surface area contributed by atoms with Crippen molar-refractivity contribution < 1.29 is 9.53 Å². The second-order valence-electron chi connectivity index (χ2n) is 4.84. The number of rotatable bonds is 4. The number of allylic oxidation sites excluding steroid dienone is 1. The van der Waals surface area contributed by atoms with E-state index in [9.17, 15) is 4.79 Å². The van der Waals surface area contributed by atoms with Crippen LogP contribution in [0.4, 0.5) is 5.82 Å². The average Bonchev–Trinajstić information content (AvgIpc) is 2.40. The van der Waals surface area contributed by atoms with Gasteiger partial charge in [0.15, 0.2) is 11.6 Å². The Morgan fingerprint density at radius 2 is 2.26 bits per heavy atom. The summed E-state index contributed by atoms with van der Waals surface area (Å²) in [4.78, 5) is 16.3. The molecule has 0 fully saturated rings. The Morgan fingerprint density at radius 1 is 1.42 bits per heavy atom. The van der Waals surface area contributed by atoms with Crippen LogP contribution in [-0.4, -0.2) is 18.0 Å². The molecule has 0 spiro atoms. The van der Waals surface area contributed by atoms with E-state index in [1.165, 1.54) is 18.4 Å². The molecule has 4 heteroatoms. The van der Waals surface area contributed by atoms with Crippen LogP contribution in [0.5, 0.6) is 5.75 Å². The van der Waals surface area contributed by atoms with Gasteiger partial charge in [-0.3, -0.25) is 4.79 Å². The number of nitrogens with one attached hydrogen (secondary N) is 1. The van der Waals surface area contributed by atoms with Crippen molar-refractivity contribution in [3.8, 4) is 5.75 Å². The topological polar surface area (TPSA) is 51.2 Å². The quantitative estimate of drug-likeness (QED) is 0.846. The number of aromatic nitrogens is 1. The van der Waals surface area contributed by atoms with E-state index in [0.717, 1.165) is 18.5 Å². The predicted molar refractivity (Wildman–Crippen MR) is 75.3 cm³/mol. The molecule has 2 rings (SSSR count). The van der Waals surface area contributed by atoms with Crippen molar-refractivity contribution in [1.29, 1.82) is 0 Å². The first-order chi connectivity index (χ1) is 9.19. The molecular formula is C15H20N2O2. The fraction of sp³-hybridized carbons (Fsp3) is 0.467. The van der Waals surface area contributed by atoms with E-state index in [0.29, 0.717) is 18.0 Å². The van der Waals surface area contributed by atoms with Gasteiger partial charge in [-0.2, -0.15) is 0 Å². The molecule has 1 N–H and O–H groups in total. The van der Waals surface area contributed by atoms with Crippen molar-refractivity contribution in [2.45, 2.75) is 39.0 Å². The summed E-state index contributed by atoms with van der Waals surface area (Å²) in [6.07, 6.45) is 7.19. The average molecular weight is 260 g/mol. The molecule has 4 nitrogen and oxygen atoms in total. The molecule has 0 radical (unpaired) electrons. The van der Waals surface area contributed by atoms with Gasteiger partial charge in [0.2, 0.25) is 5.91 Å². The number of ether oxygens (including phenoxy) is 1. The minimum absolute atomic E-state index is 0.0236. The van der Waals surface area contributed by atoms with Gasteiger partial charge in [0, 0.05) is 12.1 Å². The Bertz CT molecular complexity index is 495. The van der Waals surface area contributed by atoms with Crippen molar-refractivity contribution in [3.63, 3.8) is 0 Å². The number of hydrogen-bond acceptors (Lipinski definition) is 3. The van der Waals surface area contributed by atoms with Crippen LogP contribution < -0.4 is 10.1 Å². The van der Waals surface area contributed by atoms with Gasteiger partial charge in [0.1, 0.15) is 0 Å². The lowest BCUT2D eigenvalue weighted by Gasteiger charge is -2.13. The van der Waals surface area contributed by atoms with Crippen LogP contribution in [-0.2, 0) is 4.79 Å². The van der Waals surface area contributed by atoms with Gasteiger partial charge in [-0.25, -0.2) is 4.98 Å². The zero-order valence-corrected chi connectivity index (χ0v) is 11.5. The van der Waals surface area contributed by atoms with E-state index in [1.807, 2.05) is 19.1 Å². The third-order valence-electron chi connectivity index (χ3n) is 3.25. The van der Waals surface area contributed by atoms with Gasteiger partial charge in [-0.1, -0.05) is 11.6 Å². The lowest BCUT2D eigenvalue weighted by atomic mass is 9.97. The number of carbonyl (C=O) groups is 1. The van der Waals surface area contributed by atoms with E-state index in [1.54, 1.807) is 7.11 Å². The van der Waals surface area contributed by atoms with Crippen LogP contribution in [0.3, 0.4) is 0 Å². The van der Waals surface area contributed by atoms with Gasteiger partial charge in [-0.15, -0.1) is 0 Å². The van der Waals surface area contributed by atoms with E-state index < -0.39 is 0 Å². The molecule has 0 atom stereocenters. The summed E-state index contributed by atoms with van der Waals surface area (Å²) in [5.41, 5.74) is 2.09. The molecule has 1 aliphatic rings. The maximum atomic E-state index is 12.0. The zero-order valence-electron chi connectivity index (χ0n) is 11.5. The van der Waals surface area contributed by atoms with E-state index in [-0.39, 0.29) is 5.91 Å². The number of hydrogen-bond donors (Lipinski definition) is 1. The van der Waals surface area contributed by atoms with Crippen LogP contribution >= 0.6 is 0 Å². The van der Waals surface area contributed by atoms with Gasteiger partial charge in [0.25, 0.3) is 0 Å². The maximum absolute atomic E-state index is 12.0. The van der Waals surface area contributed by atoms with Crippen LogP contribution in [0.15, 0.2) is 23.8 Å². The third kappa shape index (κ3) is 3.81. The Morgan fingerprint density at radius 3 is 2.95 bits per heavy atom. The first kappa shape index (κ1) is 13.6. The van der Waals surface area contributed by atoms with Crippen molar-refractivity contribution in [1.82, 2.24) is 4.98 Å². The zero-order chi connectivity index (χ0) is 13.7. The molecule has 1 aromatic rings. The smallest absolute Gasteiger partial charge is 0.229 e. The Hall–Kier alpha value is -1.84. The fourth-order valence-corrected chi connectivity index (χ4v) is 2.25. The highest BCUT2D eigenvalue weighted by Crippen LogP contribution is 2.24. The lowest BCUT2D eigenvalue weighted by Crippen LogP contribution is -2.15. The number of anilines is 1. The minimum atomic E-state index is -0.0236. The molecule has 102 valence electrons. The van der Waals surface area contributed by atoms with E-state index >= 15 is 0 Å². The standard InChI is InChI=1S/C15H20N2O2/c1-11-8-9-13(19-2)15(16-11)17-14(18)10-12-6-4-3-5-7-12/h6,8-9H,3-5,7,10H2,1-2H3,(H,16,17,18). The van der Waals surface area contributed by atoms with Gasteiger partial charge in [0.05, 0.1) is 7.11 Å². The van der Waals surface area contributed by atoms with Crippen LogP contribution in [0, 0.1) is 6.92 Å². The Kier molecular flexibility index (Phi) is 4.55. The monoisotopic (exact) mass is 260 g/mol. The number of methoxy groups -OCH3 is 1. The van der Waals surface area contributed by atoms with Crippen molar-refractivity contribution in [2.75, 3.05) is 12.4 Å². The normalized spacial score (nSPS) is 14.7. The highest BCUT2D eigenvalue weighted by Gasteiger charge is 2.12. The number of carbonyl (C=O) groups excluding carboxylic acids is 1. The summed E-state index contributed by atoms with van der Waals surface area (Å²) in [5, 5.41) is 2.83. The molecule has 0 bridgehead atoms. The number of amides is 1. The summed E-state index contributed by atoms with van der Waals surface area (Å²) in [5.74, 6) is 1.07. The van der Waals surface area contributed by atoms with E-state index in [4.69, 9.17) is 4.74 Å². The summed E-state index contributed by atoms with van der Waals surface area (Å²) < 4.78 is 5.20. The van der Waals surface area contributed by atoms with Crippen LogP contribution in [0.1, 0.15) is 37.8 Å². The van der Waals surface area contributed by atoms with Crippen molar-refractivity contribution >= 4 is 11.7 Å². The fourth-order valence-electron chi connectivity index (χ4n) is 2.25. The second kappa shape index (κ2) is 6.36. The molecule has 0 saturated heterocycles. The molecule has 1 aliphatic carbocycles. The lowest BCUT2D eigenvalue weighted by molar-refractivity contribution is -0.115. The largest absolute Gasteiger partial charge is 0.493 e.